The van der Waals surface area contributed by atoms with Gasteiger partial charge < -0.3 is 14.7 Å². The Kier molecular flexibility index (Phi) is 2.71. The number of nitrogens with zero attached hydrogens (tertiary/aromatic N) is 1. The summed E-state index contributed by atoms with van der Waals surface area (Å²) < 4.78 is 18.2. The zero-order valence-corrected chi connectivity index (χ0v) is 9.01. The average Bonchev–Trinajstić information content (AvgIpc) is 2.39. The molecule has 1 heterocycles. The smallest absolute Gasteiger partial charge is 0.330 e. The van der Waals surface area contributed by atoms with E-state index >= 15 is 0 Å². The van der Waals surface area contributed by atoms with Crippen molar-refractivity contribution in [2.24, 2.45) is 0 Å². The maximum Gasteiger partial charge on any atom is 0.330 e. The number of halogens is 1. The second-order valence-electron chi connectivity index (χ2n) is 3.72. The molecule has 0 radical (unpaired) electrons. The monoisotopic (exact) mass is 239 g/mol. The highest BCUT2D eigenvalue weighted by atomic mass is 19.1. The molecule has 0 saturated carbocycles. The SMILES string of the molecule is CN1C(=O)c2cc(F)ccc2OCC1C(=O)O. The van der Waals surface area contributed by atoms with Crippen LogP contribution in [0.15, 0.2) is 18.2 Å². The van der Waals surface area contributed by atoms with Crippen LogP contribution in [0.25, 0.3) is 0 Å². The Morgan fingerprint density at radius 1 is 1.59 bits per heavy atom. The van der Waals surface area contributed by atoms with E-state index in [2.05, 4.69) is 0 Å². The predicted octanol–water partition coefficient (Wildman–Crippen LogP) is 0.743. The lowest BCUT2D eigenvalue weighted by atomic mass is 10.1. The molecule has 0 fully saturated rings. The highest BCUT2D eigenvalue weighted by Gasteiger charge is 2.32. The number of hydrogen-bond acceptors (Lipinski definition) is 3. The summed E-state index contributed by atoms with van der Waals surface area (Å²) in [5, 5.41) is 8.94. The summed E-state index contributed by atoms with van der Waals surface area (Å²) >= 11 is 0. The molecular weight excluding hydrogens is 229 g/mol. The topological polar surface area (TPSA) is 66.8 Å². The van der Waals surface area contributed by atoms with Crippen molar-refractivity contribution in [1.29, 1.82) is 0 Å². The molecule has 1 unspecified atom stereocenters. The largest absolute Gasteiger partial charge is 0.490 e. The molecule has 5 nitrogen and oxygen atoms in total. The van der Waals surface area contributed by atoms with Crippen molar-refractivity contribution in [2.45, 2.75) is 6.04 Å². The van der Waals surface area contributed by atoms with Crippen LogP contribution >= 0.6 is 0 Å². The van der Waals surface area contributed by atoms with Gasteiger partial charge in [0.15, 0.2) is 6.04 Å². The molecule has 1 amide bonds. The molecule has 1 aromatic rings. The Morgan fingerprint density at radius 3 is 2.94 bits per heavy atom. The number of likely N-dealkylation sites (N-methyl/N-ethyl adjacent to an activating group) is 1. The molecule has 1 atom stereocenters. The number of fused-ring (bicyclic) bond motifs is 1. The molecule has 0 spiro atoms. The molecule has 1 aromatic carbocycles. The standard InChI is InChI=1S/C11H10FNO4/c1-13-8(11(15)16)5-17-9-3-2-6(12)4-7(9)10(13)14/h2-4,8H,5H2,1H3,(H,15,16). The third-order valence-corrected chi connectivity index (χ3v) is 2.64. The number of aliphatic carboxylic acids is 1. The lowest BCUT2D eigenvalue weighted by molar-refractivity contribution is -0.142. The fraction of sp³-hybridized carbons (Fsp3) is 0.273. The molecule has 90 valence electrons. The van der Waals surface area contributed by atoms with Crippen LogP contribution in [0.1, 0.15) is 10.4 Å². The van der Waals surface area contributed by atoms with Gasteiger partial charge in [0.05, 0.1) is 5.56 Å². The van der Waals surface area contributed by atoms with E-state index in [0.717, 1.165) is 17.0 Å². The summed E-state index contributed by atoms with van der Waals surface area (Å²) in [4.78, 5) is 23.9. The molecule has 17 heavy (non-hydrogen) atoms. The van der Waals surface area contributed by atoms with Crippen molar-refractivity contribution in [3.63, 3.8) is 0 Å². The van der Waals surface area contributed by atoms with E-state index in [9.17, 15) is 14.0 Å². The molecule has 1 aliphatic rings. The molecule has 6 heteroatoms. The van der Waals surface area contributed by atoms with E-state index in [1.165, 1.54) is 13.1 Å². The van der Waals surface area contributed by atoms with Gasteiger partial charge in [0.1, 0.15) is 18.2 Å². The summed E-state index contributed by atoms with van der Waals surface area (Å²) in [5.41, 5.74) is 0.0382. The van der Waals surface area contributed by atoms with E-state index in [4.69, 9.17) is 9.84 Å². The first-order chi connectivity index (χ1) is 8.00. The van der Waals surface area contributed by atoms with Crippen molar-refractivity contribution in [3.8, 4) is 5.75 Å². The van der Waals surface area contributed by atoms with Crippen LogP contribution < -0.4 is 4.74 Å². The van der Waals surface area contributed by atoms with E-state index in [1.807, 2.05) is 0 Å². The van der Waals surface area contributed by atoms with E-state index in [0.29, 0.717) is 0 Å². The van der Waals surface area contributed by atoms with Crippen molar-refractivity contribution >= 4 is 11.9 Å². The second kappa shape index (κ2) is 4.04. The maximum atomic E-state index is 13.0. The highest BCUT2D eigenvalue weighted by molar-refractivity contribution is 5.99. The van der Waals surface area contributed by atoms with E-state index in [-0.39, 0.29) is 17.9 Å². The quantitative estimate of drug-likeness (QED) is 0.785. The minimum Gasteiger partial charge on any atom is -0.490 e. The molecule has 0 bridgehead atoms. The lowest BCUT2D eigenvalue weighted by Crippen LogP contribution is -2.44. The van der Waals surface area contributed by atoms with Crippen molar-refractivity contribution in [1.82, 2.24) is 4.90 Å². The Bertz CT molecular complexity index is 488. The van der Waals surface area contributed by atoms with Gasteiger partial charge in [0, 0.05) is 7.05 Å². The van der Waals surface area contributed by atoms with Gasteiger partial charge in [-0.05, 0) is 18.2 Å². The molecule has 0 aliphatic carbocycles. The average molecular weight is 239 g/mol. The van der Waals surface area contributed by atoms with Crippen LogP contribution in [-0.2, 0) is 4.79 Å². The number of ether oxygens (including phenoxy) is 1. The van der Waals surface area contributed by atoms with Gasteiger partial charge in [-0.25, -0.2) is 9.18 Å². The second-order valence-corrected chi connectivity index (χ2v) is 3.72. The molecule has 0 saturated heterocycles. The Balaban J connectivity index is 2.44. The molecular formula is C11H10FNO4. The highest BCUT2D eigenvalue weighted by Crippen LogP contribution is 2.25. The zero-order chi connectivity index (χ0) is 12.6. The lowest BCUT2D eigenvalue weighted by Gasteiger charge is -2.20. The Morgan fingerprint density at radius 2 is 2.29 bits per heavy atom. The summed E-state index contributed by atoms with van der Waals surface area (Å²) in [6.07, 6.45) is 0. The number of amides is 1. The van der Waals surface area contributed by atoms with Gasteiger partial charge in [-0.1, -0.05) is 0 Å². The normalized spacial score (nSPS) is 19.3. The van der Waals surface area contributed by atoms with Gasteiger partial charge in [0.2, 0.25) is 0 Å². The summed E-state index contributed by atoms with van der Waals surface area (Å²) in [5.74, 6) is -2.09. The fourth-order valence-electron chi connectivity index (χ4n) is 1.64. The number of carbonyl (C=O) groups excluding carboxylic acids is 1. The van der Waals surface area contributed by atoms with Crippen LogP contribution in [0.5, 0.6) is 5.75 Å². The summed E-state index contributed by atoms with van der Waals surface area (Å²) in [7, 11) is 1.35. The van der Waals surface area contributed by atoms with Crippen molar-refractivity contribution in [3.05, 3.63) is 29.6 Å². The Labute approximate surface area is 96.4 Å². The van der Waals surface area contributed by atoms with E-state index < -0.39 is 23.7 Å². The van der Waals surface area contributed by atoms with Gasteiger partial charge in [-0.15, -0.1) is 0 Å². The van der Waals surface area contributed by atoms with Gasteiger partial charge in [-0.2, -0.15) is 0 Å². The van der Waals surface area contributed by atoms with E-state index in [1.54, 1.807) is 0 Å². The van der Waals surface area contributed by atoms with Crippen LogP contribution in [0.4, 0.5) is 4.39 Å². The minimum absolute atomic E-state index is 0.0382. The van der Waals surface area contributed by atoms with Gasteiger partial charge >= 0.3 is 5.97 Å². The third kappa shape index (κ3) is 1.93. The molecule has 1 N–H and O–H groups in total. The van der Waals surface area contributed by atoms with Crippen LogP contribution in [0, 0.1) is 5.82 Å². The van der Waals surface area contributed by atoms with Crippen molar-refractivity contribution in [2.75, 3.05) is 13.7 Å². The summed E-state index contributed by atoms with van der Waals surface area (Å²) in [6.45, 7) is -0.157. The molecule has 1 aliphatic heterocycles. The number of benzene rings is 1. The third-order valence-electron chi connectivity index (χ3n) is 2.64. The van der Waals surface area contributed by atoms with Gasteiger partial charge in [0.25, 0.3) is 5.91 Å². The fourth-order valence-corrected chi connectivity index (χ4v) is 1.64. The number of hydrogen-bond donors (Lipinski definition) is 1. The molecule has 0 aromatic heterocycles. The van der Waals surface area contributed by atoms with Crippen LogP contribution in [0.3, 0.4) is 0 Å². The first-order valence-corrected chi connectivity index (χ1v) is 4.93. The van der Waals surface area contributed by atoms with Crippen molar-refractivity contribution < 1.29 is 23.8 Å². The maximum absolute atomic E-state index is 13.0. The number of carbonyl (C=O) groups is 2. The zero-order valence-electron chi connectivity index (χ0n) is 9.01. The Hall–Kier alpha value is -2.11. The number of carboxylic acids is 1. The summed E-state index contributed by atoms with van der Waals surface area (Å²) in [6, 6.07) is 2.45. The number of carboxylic acid groups (broad SMARTS) is 1. The first-order valence-electron chi connectivity index (χ1n) is 4.93. The minimum atomic E-state index is -1.16. The van der Waals surface area contributed by atoms with Crippen LogP contribution in [-0.4, -0.2) is 41.6 Å². The van der Waals surface area contributed by atoms with Gasteiger partial charge in [-0.3, -0.25) is 4.79 Å². The first kappa shape index (κ1) is 11.4. The number of rotatable bonds is 1. The molecule has 2 rings (SSSR count). The van der Waals surface area contributed by atoms with Crippen LogP contribution in [0.2, 0.25) is 0 Å². The predicted molar refractivity (Wildman–Crippen MR) is 55.4 cm³/mol.